The molecule has 148 valence electrons. The highest BCUT2D eigenvalue weighted by molar-refractivity contribution is 5.92. The topological polar surface area (TPSA) is 90.5 Å². The Balaban J connectivity index is 1.76. The first-order valence-corrected chi connectivity index (χ1v) is 9.42. The number of carbonyl (C=O) groups excluding carboxylic acids is 1. The largest absolute Gasteiger partial charge is 0.497 e. The van der Waals surface area contributed by atoms with Crippen LogP contribution in [-0.4, -0.2) is 32.2 Å². The number of methoxy groups -OCH3 is 1. The molecule has 29 heavy (non-hydrogen) atoms. The van der Waals surface area contributed by atoms with Crippen molar-refractivity contribution in [1.29, 1.82) is 0 Å². The van der Waals surface area contributed by atoms with Crippen LogP contribution in [-0.2, 0) is 17.8 Å². The Bertz CT molecular complexity index is 1260. The maximum atomic E-state index is 13.1. The molecule has 2 heterocycles. The van der Waals surface area contributed by atoms with Gasteiger partial charge in [0.15, 0.2) is 0 Å². The number of fused-ring (bicyclic) bond motifs is 3. The van der Waals surface area contributed by atoms with Crippen LogP contribution in [0.3, 0.4) is 0 Å². The number of benzene rings is 2. The Kier molecular flexibility index (Phi) is 4.99. The average molecular weight is 391 g/mol. The van der Waals surface area contributed by atoms with Gasteiger partial charge in [-0.15, -0.1) is 10.2 Å². The zero-order valence-corrected chi connectivity index (χ0v) is 16.3. The highest BCUT2D eigenvalue weighted by atomic mass is 16.5. The molecule has 0 atom stereocenters. The summed E-state index contributed by atoms with van der Waals surface area (Å²) in [6.45, 7) is 1.91. The minimum atomic E-state index is -0.348. The van der Waals surface area contributed by atoms with Gasteiger partial charge in [-0.25, -0.2) is 0 Å². The molecule has 0 spiro atoms. The first kappa shape index (κ1) is 18.7. The third kappa shape index (κ3) is 3.44. The van der Waals surface area contributed by atoms with E-state index in [9.17, 15) is 9.59 Å². The Morgan fingerprint density at radius 3 is 2.66 bits per heavy atom. The summed E-state index contributed by atoms with van der Waals surface area (Å²) >= 11 is 0. The van der Waals surface area contributed by atoms with E-state index in [4.69, 9.17) is 4.74 Å². The normalized spacial score (nSPS) is 11.1. The summed E-state index contributed by atoms with van der Waals surface area (Å²) in [7, 11) is 1.56. The van der Waals surface area contributed by atoms with Gasteiger partial charge >= 0.3 is 0 Å². The van der Waals surface area contributed by atoms with E-state index in [1.54, 1.807) is 35.8 Å². The van der Waals surface area contributed by atoms with E-state index in [2.05, 4.69) is 15.5 Å². The van der Waals surface area contributed by atoms with Crippen molar-refractivity contribution in [1.82, 2.24) is 19.2 Å². The van der Waals surface area contributed by atoms with Gasteiger partial charge in [0, 0.05) is 18.2 Å². The Hall–Kier alpha value is -3.68. The van der Waals surface area contributed by atoms with Gasteiger partial charge < -0.3 is 10.1 Å². The smallest absolute Gasteiger partial charge is 0.297 e. The zero-order chi connectivity index (χ0) is 20.4. The number of anilines is 1. The molecule has 0 radical (unpaired) electrons. The SMILES string of the molecule is CCCc1nnc2c(=O)n(CC(=O)Nc3cccc(OC)c3)c3ccccc3n12. The summed E-state index contributed by atoms with van der Waals surface area (Å²) in [5.41, 5.74) is 1.92. The molecule has 4 aromatic rings. The lowest BCUT2D eigenvalue weighted by molar-refractivity contribution is -0.116. The molecule has 2 aromatic carbocycles. The maximum Gasteiger partial charge on any atom is 0.297 e. The summed E-state index contributed by atoms with van der Waals surface area (Å²) in [5.74, 6) is 1.06. The second-order valence-electron chi connectivity index (χ2n) is 6.69. The minimum Gasteiger partial charge on any atom is -0.497 e. The van der Waals surface area contributed by atoms with Crippen molar-refractivity contribution in [3.8, 4) is 5.75 Å². The fourth-order valence-corrected chi connectivity index (χ4v) is 3.41. The number of rotatable bonds is 6. The average Bonchev–Trinajstić information content (AvgIpc) is 3.15. The molecule has 0 bridgehead atoms. The van der Waals surface area contributed by atoms with Crippen molar-refractivity contribution in [2.45, 2.75) is 26.3 Å². The summed E-state index contributed by atoms with van der Waals surface area (Å²) in [6, 6.07) is 14.5. The van der Waals surface area contributed by atoms with Crippen LogP contribution in [0.4, 0.5) is 5.69 Å². The molecule has 4 rings (SSSR count). The van der Waals surface area contributed by atoms with Gasteiger partial charge in [0.1, 0.15) is 18.1 Å². The van der Waals surface area contributed by atoms with Crippen molar-refractivity contribution in [2.75, 3.05) is 12.4 Å². The van der Waals surface area contributed by atoms with Crippen molar-refractivity contribution >= 4 is 28.3 Å². The van der Waals surface area contributed by atoms with Crippen molar-refractivity contribution in [2.24, 2.45) is 0 Å². The van der Waals surface area contributed by atoms with Crippen LogP contribution >= 0.6 is 0 Å². The molecule has 1 amide bonds. The van der Waals surface area contributed by atoms with Crippen LogP contribution < -0.4 is 15.6 Å². The number of amides is 1. The number of carbonyl (C=O) groups is 1. The number of aromatic nitrogens is 4. The van der Waals surface area contributed by atoms with Crippen LogP contribution in [0.25, 0.3) is 16.7 Å². The van der Waals surface area contributed by atoms with E-state index in [0.29, 0.717) is 23.4 Å². The molecule has 8 heteroatoms. The molecule has 1 N–H and O–H groups in total. The lowest BCUT2D eigenvalue weighted by Gasteiger charge is -2.13. The first-order chi connectivity index (χ1) is 14.1. The summed E-state index contributed by atoms with van der Waals surface area (Å²) in [5, 5.41) is 11.1. The fraction of sp³-hybridized carbons (Fsp3) is 0.238. The third-order valence-corrected chi connectivity index (χ3v) is 4.71. The fourth-order valence-electron chi connectivity index (χ4n) is 3.41. The standard InChI is InChI=1S/C21H21N5O3/c1-3-7-18-23-24-20-21(28)25(16-10-4-5-11-17(16)26(18)20)13-19(27)22-14-8-6-9-15(12-14)29-2/h4-6,8-12H,3,7,13H2,1-2H3,(H,22,27). The Labute approximate surface area is 166 Å². The van der Waals surface area contributed by atoms with Crippen LogP contribution in [0, 0.1) is 0 Å². The van der Waals surface area contributed by atoms with Gasteiger partial charge in [-0.3, -0.25) is 18.6 Å². The zero-order valence-electron chi connectivity index (χ0n) is 16.3. The third-order valence-electron chi connectivity index (χ3n) is 4.71. The summed E-state index contributed by atoms with van der Waals surface area (Å²) in [6.07, 6.45) is 1.60. The van der Waals surface area contributed by atoms with Crippen molar-refractivity contribution in [3.05, 3.63) is 64.7 Å². The molecule has 0 fully saturated rings. The van der Waals surface area contributed by atoms with Crippen LogP contribution in [0.15, 0.2) is 53.3 Å². The van der Waals surface area contributed by atoms with Gasteiger partial charge in [0.05, 0.1) is 18.1 Å². The van der Waals surface area contributed by atoms with Crippen molar-refractivity contribution in [3.63, 3.8) is 0 Å². The van der Waals surface area contributed by atoms with E-state index in [-0.39, 0.29) is 23.7 Å². The first-order valence-electron chi connectivity index (χ1n) is 9.42. The number of ether oxygens (including phenoxy) is 1. The monoisotopic (exact) mass is 391 g/mol. The highest BCUT2D eigenvalue weighted by Gasteiger charge is 2.17. The van der Waals surface area contributed by atoms with Gasteiger partial charge in [-0.1, -0.05) is 25.1 Å². The summed E-state index contributed by atoms with van der Waals surface area (Å²) < 4.78 is 8.40. The molecule has 0 aliphatic heterocycles. The quantitative estimate of drug-likeness (QED) is 0.546. The van der Waals surface area contributed by atoms with Gasteiger partial charge in [0.2, 0.25) is 11.6 Å². The van der Waals surface area contributed by atoms with Crippen LogP contribution in [0.1, 0.15) is 19.2 Å². The van der Waals surface area contributed by atoms with Gasteiger partial charge in [-0.05, 0) is 30.7 Å². The predicted molar refractivity (Wildman–Crippen MR) is 110 cm³/mol. The minimum absolute atomic E-state index is 0.136. The van der Waals surface area contributed by atoms with E-state index in [1.165, 1.54) is 4.57 Å². The molecule has 2 aromatic heterocycles. The predicted octanol–water partition coefficient (Wildman–Crippen LogP) is 2.64. The lowest BCUT2D eigenvalue weighted by Crippen LogP contribution is -2.29. The highest BCUT2D eigenvalue weighted by Crippen LogP contribution is 2.18. The van der Waals surface area contributed by atoms with Crippen molar-refractivity contribution < 1.29 is 9.53 Å². The number of hydrogen-bond acceptors (Lipinski definition) is 5. The van der Waals surface area contributed by atoms with Crippen LogP contribution in [0.5, 0.6) is 5.75 Å². The number of aryl methyl sites for hydroxylation is 1. The lowest BCUT2D eigenvalue weighted by atomic mass is 10.2. The Morgan fingerprint density at radius 1 is 1.10 bits per heavy atom. The molecule has 0 aliphatic rings. The number of nitrogens with one attached hydrogen (secondary N) is 1. The second-order valence-corrected chi connectivity index (χ2v) is 6.69. The van der Waals surface area contributed by atoms with Gasteiger partial charge in [-0.2, -0.15) is 0 Å². The number of nitrogens with zero attached hydrogens (tertiary/aromatic N) is 4. The second kappa shape index (κ2) is 7.75. The molecule has 0 saturated heterocycles. The van der Waals surface area contributed by atoms with E-state index < -0.39 is 0 Å². The molecular weight excluding hydrogens is 370 g/mol. The van der Waals surface area contributed by atoms with Gasteiger partial charge in [0.25, 0.3) is 5.56 Å². The number of hydrogen-bond donors (Lipinski definition) is 1. The molecule has 8 nitrogen and oxygen atoms in total. The maximum absolute atomic E-state index is 13.1. The molecular formula is C21H21N5O3. The van der Waals surface area contributed by atoms with Crippen LogP contribution in [0.2, 0.25) is 0 Å². The summed E-state index contributed by atoms with van der Waals surface area (Å²) in [4.78, 5) is 25.8. The molecule has 0 saturated carbocycles. The van der Waals surface area contributed by atoms with E-state index in [1.807, 2.05) is 31.2 Å². The molecule has 0 unspecified atom stereocenters. The number of para-hydroxylation sites is 2. The molecule has 0 aliphatic carbocycles. The van der Waals surface area contributed by atoms with E-state index in [0.717, 1.165) is 17.8 Å². The Morgan fingerprint density at radius 2 is 1.90 bits per heavy atom. The van der Waals surface area contributed by atoms with E-state index >= 15 is 0 Å².